The molecule has 1 N–H and O–H groups in total. The monoisotopic (exact) mass is 329 g/mol. The van der Waals surface area contributed by atoms with Crippen LogP contribution in [0.15, 0.2) is 22.7 Å². The fourth-order valence-electron chi connectivity index (χ4n) is 2.46. The predicted octanol–water partition coefficient (Wildman–Crippen LogP) is 4.20. The zero-order valence-electron chi connectivity index (χ0n) is 11.3. The van der Waals surface area contributed by atoms with Gasteiger partial charge in [-0.3, -0.25) is 0 Å². The van der Waals surface area contributed by atoms with Crippen LogP contribution >= 0.6 is 15.9 Å². The topological polar surface area (TPSA) is 21.3 Å². The Labute approximate surface area is 122 Å². The van der Waals surface area contributed by atoms with E-state index >= 15 is 0 Å². The predicted molar refractivity (Wildman–Crippen MR) is 78.7 cm³/mol. The van der Waals surface area contributed by atoms with Crippen LogP contribution in [-0.2, 0) is 4.74 Å². The van der Waals surface area contributed by atoms with E-state index in [2.05, 4.69) is 28.2 Å². The Bertz CT molecular complexity index is 407. The Morgan fingerprint density at radius 2 is 2.32 bits per heavy atom. The molecule has 2 nitrogen and oxygen atoms in total. The molecule has 1 aliphatic rings. The second kappa shape index (κ2) is 7.36. The first-order chi connectivity index (χ1) is 9.16. The minimum atomic E-state index is -0.210. The zero-order chi connectivity index (χ0) is 13.7. The van der Waals surface area contributed by atoms with Gasteiger partial charge in [0.25, 0.3) is 0 Å². The maximum Gasteiger partial charge on any atom is 0.124 e. The van der Waals surface area contributed by atoms with E-state index in [4.69, 9.17) is 4.74 Å². The molecule has 1 aromatic rings. The van der Waals surface area contributed by atoms with Crippen LogP contribution in [0.2, 0.25) is 0 Å². The average molecular weight is 330 g/mol. The molecule has 1 aromatic carbocycles. The molecule has 2 unspecified atom stereocenters. The van der Waals surface area contributed by atoms with Crippen molar-refractivity contribution in [1.82, 2.24) is 5.32 Å². The summed E-state index contributed by atoms with van der Waals surface area (Å²) in [6, 6.07) is 5.05. The summed E-state index contributed by atoms with van der Waals surface area (Å²) in [4.78, 5) is 0. The number of halogens is 2. The molecule has 4 heteroatoms. The molecule has 0 radical (unpaired) electrons. The minimum Gasteiger partial charge on any atom is -0.378 e. The molecule has 106 valence electrons. The van der Waals surface area contributed by atoms with Crippen LogP contribution in [0.5, 0.6) is 0 Å². The van der Waals surface area contributed by atoms with E-state index in [1.165, 1.54) is 31.4 Å². The highest BCUT2D eigenvalue weighted by Crippen LogP contribution is 2.24. The van der Waals surface area contributed by atoms with Crippen molar-refractivity contribution in [3.05, 3.63) is 34.1 Å². The van der Waals surface area contributed by atoms with Crippen molar-refractivity contribution in [2.75, 3.05) is 13.2 Å². The summed E-state index contributed by atoms with van der Waals surface area (Å²) >= 11 is 3.41. The largest absolute Gasteiger partial charge is 0.378 e. The van der Waals surface area contributed by atoms with Crippen molar-refractivity contribution in [2.24, 2.45) is 0 Å². The molecule has 0 aromatic heterocycles. The molecular weight excluding hydrogens is 309 g/mol. The molecule has 1 aliphatic heterocycles. The highest BCUT2D eigenvalue weighted by molar-refractivity contribution is 9.10. The fourth-order valence-corrected chi connectivity index (χ4v) is 3.15. The van der Waals surface area contributed by atoms with Gasteiger partial charge in [-0.15, -0.1) is 0 Å². The first-order valence-electron chi connectivity index (χ1n) is 6.97. The quantitative estimate of drug-likeness (QED) is 0.874. The SMILES string of the molecule is CC(NCCC1CCCCO1)c1ccc(F)cc1Br. The number of hydrogen-bond donors (Lipinski definition) is 1. The van der Waals surface area contributed by atoms with Crippen molar-refractivity contribution in [3.63, 3.8) is 0 Å². The Morgan fingerprint density at radius 1 is 1.47 bits per heavy atom. The van der Waals surface area contributed by atoms with Gasteiger partial charge in [-0.1, -0.05) is 22.0 Å². The molecule has 2 atom stereocenters. The molecule has 0 spiro atoms. The lowest BCUT2D eigenvalue weighted by Crippen LogP contribution is -2.27. The van der Waals surface area contributed by atoms with Gasteiger partial charge in [-0.05, 0) is 56.8 Å². The molecule has 1 heterocycles. The van der Waals surface area contributed by atoms with Gasteiger partial charge in [-0.2, -0.15) is 0 Å². The molecule has 0 bridgehead atoms. The summed E-state index contributed by atoms with van der Waals surface area (Å²) in [7, 11) is 0. The van der Waals surface area contributed by atoms with Crippen LogP contribution in [0.4, 0.5) is 4.39 Å². The highest BCUT2D eigenvalue weighted by atomic mass is 79.9. The standard InChI is InChI=1S/C15H21BrFNO/c1-11(14-6-5-12(17)10-15(14)16)18-8-7-13-4-2-3-9-19-13/h5-6,10-11,13,18H,2-4,7-9H2,1H3. The number of hydrogen-bond acceptors (Lipinski definition) is 2. The van der Waals surface area contributed by atoms with Crippen molar-refractivity contribution in [2.45, 2.75) is 44.8 Å². The van der Waals surface area contributed by atoms with Crippen LogP contribution in [-0.4, -0.2) is 19.3 Å². The lowest BCUT2D eigenvalue weighted by molar-refractivity contribution is 0.0112. The van der Waals surface area contributed by atoms with Gasteiger partial charge in [0, 0.05) is 17.1 Å². The van der Waals surface area contributed by atoms with Gasteiger partial charge < -0.3 is 10.1 Å². The van der Waals surface area contributed by atoms with Gasteiger partial charge in [0.1, 0.15) is 5.82 Å². The minimum absolute atomic E-state index is 0.207. The number of benzene rings is 1. The number of ether oxygens (including phenoxy) is 1. The normalized spacial score (nSPS) is 21.3. The van der Waals surface area contributed by atoms with Crippen molar-refractivity contribution in [1.29, 1.82) is 0 Å². The van der Waals surface area contributed by atoms with Gasteiger partial charge in [0.2, 0.25) is 0 Å². The second-order valence-electron chi connectivity index (χ2n) is 5.12. The van der Waals surface area contributed by atoms with Crippen LogP contribution in [0.25, 0.3) is 0 Å². The average Bonchev–Trinajstić information content (AvgIpc) is 2.39. The van der Waals surface area contributed by atoms with Crippen molar-refractivity contribution >= 4 is 15.9 Å². The molecule has 1 fully saturated rings. The fraction of sp³-hybridized carbons (Fsp3) is 0.600. The Kier molecular flexibility index (Phi) is 5.79. The summed E-state index contributed by atoms with van der Waals surface area (Å²) in [5, 5.41) is 3.47. The van der Waals surface area contributed by atoms with E-state index in [0.29, 0.717) is 6.10 Å². The first-order valence-corrected chi connectivity index (χ1v) is 7.76. The lowest BCUT2D eigenvalue weighted by Gasteiger charge is -2.23. The molecule has 0 amide bonds. The Hall–Kier alpha value is -0.450. The summed E-state index contributed by atoms with van der Waals surface area (Å²) in [6.07, 6.45) is 5.11. The van der Waals surface area contributed by atoms with Gasteiger partial charge in [-0.25, -0.2) is 4.39 Å². The van der Waals surface area contributed by atoms with Gasteiger partial charge in [0.15, 0.2) is 0 Å². The Morgan fingerprint density at radius 3 is 3.00 bits per heavy atom. The van der Waals surface area contributed by atoms with Gasteiger partial charge in [0.05, 0.1) is 6.10 Å². The molecule has 0 saturated carbocycles. The number of rotatable bonds is 5. The highest BCUT2D eigenvalue weighted by Gasteiger charge is 2.14. The molecular formula is C15H21BrFNO. The molecule has 0 aliphatic carbocycles. The third kappa shape index (κ3) is 4.55. The van der Waals surface area contributed by atoms with Crippen molar-refractivity contribution < 1.29 is 9.13 Å². The van der Waals surface area contributed by atoms with Crippen LogP contribution < -0.4 is 5.32 Å². The third-order valence-corrected chi connectivity index (χ3v) is 4.31. The summed E-state index contributed by atoms with van der Waals surface area (Å²) in [5.41, 5.74) is 1.09. The lowest BCUT2D eigenvalue weighted by atomic mass is 10.1. The second-order valence-corrected chi connectivity index (χ2v) is 5.97. The van der Waals surface area contributed by atoms with E-state index in [1.807, 2.05) is 6.07 Å². The smallest absolute Gasteiger partial charge is 0.124 e. The third-order valence-electron chi connectivity index (χ3n) is 3.62. The van der Waals surface area contributed by atoms with Gasteiger partial charge >= 0.3 is 0 Å². The zero-order valence-corrected chi connectivity index (χ0v) is 12.9. The van der Waals surface area contributed by atoms with E-state index in [0.717, 1.165) is 29.6 Å². The number of nitrogens with one attached hydrogen (secondary N) is 1. The maximum atomic E-state index is 13.0. The first kappa shape index (κ1) is 14.9. The van der Waals surface area contributed by atoms with E-state index in [-0.39, 0.29) is 11.9 Å². The van der Waals surface area contributed by atoms with Crippen molar-refractivity contribution in [3.8, 4) is 0 Å². The van der Waals surface area contributed by atoms with Crippen LogP contribution in [0.1, 0.15) is 44.2 Å². The van der Waals surface area contributed by atoms with E-state index < -0.39 is 0 Å². The summed E-state index contributed by atoms with van der Waals surface area (Å²) in [5.74, 6) is -0.210. The summed E-state index contributed by atoms with van der Waals surface area (Å²) in [6.45, 7) is 3.93. The van der Waals surface area contributed by atoms with Crippen LogP contribution in [0, 0.1) is 5.82 Å². The Balaban J connectivity index is 1.78. The van der Waals surface area contributed by atoms with Crippen LogP contribution in [0.3, 0.4) is 0 Å². The molecule has 1 saturated heterocycles. The van der Waals surface area contributed by atoms with E-state index in [9.17, 15) is 4.39 Å². The molecule has 2 rings (SSSR count). The van der Waals surface area contributed by atoms with E-state index in [1.54, 1.807) is 0 Å². The maximum absolute atomic E-state index is 13.0. The molecule has 19 heavy (non-hydrogen) atoms. The summed E-state index contributed by atoms with van der Waals surface area (Å²) < 4.78 is 19.6.